The second kappa shape index (κ2) is 9.80. The molecule has 108 valence electrons. The van der Waals surface area contributed by atoms with E-state index in [1.807, 2.05) is 0 Å². The fourth-order valence-electron chi connectivity index (χ4n) is 3.11. The van der Waals surface area contributed by atoms with Crippen LogP contribution in [0, 0.1) is 5.92 Å². The first kappa shape index (κ1) is 16.0. The van der Waals surface area contributed by atoms with Gasteiger partial charge in [-0.15, -0.1) is 0 Å². The highest BCUT2D eigenvalue weighted by atomic mass is 15.1. The number of likely N-dealkylation sites (N-methyl/N-ethyl adjacent to an activating group) is 1. The molecule has 1 rings (SSSR count). The van der Waals surface area contributed by atoms with Crippen LogP contribution < -0.4 is 5.32 Å². The highest BCUT2D eigenvalue weighted by Gasteiger charge is 2.25. The molecule has 0 heterocycles. The monoisotopic (exact) mass is 254 g/mol. The lowest BCUT2D eigenvalue weighted by atomic mass is 9.97. The summed E-state index contributed by atoms with van der Waals surface area (Å²) in [6.45, 7) is 11.8. The molecule has 1 aliphatic rings. The number of hydrogen-bond donors (Lipinski definition) is 1. The molecule has 0 radical (unpaired) electrons. The van der Waals surface area contributed by atoms with E-state index in [1.54, 1.807) is 0 Å². The maximum absolute atomic E-state index is 3.81. The lowest BCUT2D eigenvalue weighted by Gasteiger charge is -2.31. The Morgan fingerprint density at radius 3 is 2.39 bits per heavy atom. The summed E-state index contributed by atoms with van der Waals surface area (Å²) in [4.78, 5) is 2.65. The zero-order valence-electron chi connectivity index (χ0n) is 12.9. The Balaban J connectivity index is 2.41. The van der Waals surface area contributed by atoms with E-state index in [2.05, 4.69) is 31.0 Å². The van der Waals surface area contributed by atoms with Gasteiger partial charge in [-0.1, -0.05) is 40.0 Å². The molecule has 1 N–H and O–H groups in total. The van der Waals surface area contributed by atoms with E-state index in [4.69, 9.17) is 0 Å². The molecule has 1 aliphatic carbocycles. The third-order valence-electron chi connectivity index (χ3n) is 4.36. The van der Waals surface area contributed by atoms with Crippen molar-refractivity contribution in [2.45, 2.75) is 71.8 Å². The van der Waals surface area contributed by atoms with Crippen LogP contribution >= 0.6 is 0 Å². The van der Waals surface area contributed by atoms with Gasteiger partial charge in [0.2, 0.25) is 0 Å². The molecule has 0 bridgehead atoms. The predicted molar refractivity (Wildman–Crippen MR) is 81.1 cm³/mol. The molecule has 1 fully saturated rings. The van der Waals surface area contributed by atoms with Crippen LogP contribution in [0.15, 0.2) is 0 Å². The molecule has 0 saturated heterocycles. The maximum atomic E-state index is 3.81. The van der Waals surface area contributed by atoms with Gasteiger partial charge in [-0.2, -0.15) is 0 Å². The molecule has 0 aromatic carbocycles. The molecular weight excluding hydrogens is 220 g/mol. The fraction of sp³-hybridized carbons (Fsp3) is 1.00. The normalized spacial score (nSPS) is 18.7. The lowest BCUT2D eigenvalue weighted by molar-refractivity contribution is 0.213. The molecule has 0 aromatic heterocycles. The van der Waals surface area contributed by atoms with Crippen LogP contribution in [0.4, 0.5) is 0 Å². The molecular formula is C16H34N2. The van der Waals surface area contributed by atoms with Gasteiger partial charge in [0, 0.05) is 12.6 Å². The Bertz CT molecular complexity index is 188. The molecule has 0 aliphatic heterocycles. The molecule has 0 aromatic rings. The van der Waals surface area contributed by atoms with E-state index in [9.17, 15) is 0 Å². The molecule has 2 heteroatoms. The predicted octanol–water partition coefficient (Wildman–Crippen LogP) is 3.67. The molecule has 2 nitrogen and oxygen atoms in total. The molecule has 1 atom stereocenters. The average Bonchev–Trinajstić information content (AvgIpc) is 2.92. The molecule has 0 spiro atoms. The molecule has 18 heavy (non-hydrogen) atoms. The van der Waals surface area contributed by atoms with E-state index >= 15 is 0 Å². The maximum Gasteiger partial charge on any atom is 0.0223 e. The third kappa shape index (κ3) is 5.71. The smallest absolute Gasteiger partial charge is 0.0223 e. The zero-order chi connectivity index (χ0) is 13.2. The van der Waals surface area contributed by atoms with Gasteiger partial charge in [0.05, 0.1) is 0 Å². The van der Waals surface area contributed by atoms with Crippen molar-refractivity contribution in [2.75, 3.05) is 26.2 Å². The third-order valence-corrected chi connectivity index (χ3v) is 4.36. The largest absolute Gasteiger partial charge is 0.312 e. The summed E-state index contributed by atoms with van der Waals surface area (Å²) in [5.41, 5.74) is 0. The number of hydrogen-bond acceptors (Lipinski definition) is 2. The van der Waals surface area contributed by atoms with Crippen molar-refractivity contribution in [1.29, 1.82) is 0 Å². The Morgan fingerprint density at radius 1 is 1.11 bits per heavy atom. The minimum Gasteiger partial charge on any atom is -0.312 e. The number of unbranched alkanes of at least 4 members (excludes halogenated alkanes) is 1. The van der Waals surface area contributed by atoms with Gasteiger partial charge < -0.3 is 10.2 Å². The highest BCUT2D eigenvalue weighted by molar-refractivity contribution is 4.83. The first-order valence-corrected chi connectivity index (χ1v) is 8.27. The molecule has 0 amide bonds. The van der Waals surface area contributed by atoms with Crippen LogP contribution in [0.3, 0.4) is 0 Å². The summed E-state index contributed by atoms with van der Waals surface area (Å²) in [5.74, 6) is 0.937. The van der Waals surface area contributed by atoms with Crippen LogP contribution in [0.25, 0.3) is 0 Å². The molecule has 1 saturated carbocycles. The van der Waals surface area contributed by atoms with E-state index in [-0.39, 0.29) is 0 Å². The first-order chi connectivity index (χ1) is 8.81. The average molecular weight is 254 g/mol. The summed E-state index contributed by atoms with van der Waals surface area (Å²) in [7, 11) is 0. The van der Waals surface area contributed by atoms with Crippen LogP contribution in [-0.2, 0) is 0 Å². The van der Waals surface area contributed by atoms with Crippen molar-refractivity contribution in [1.82, 2.24) is 10.2 Å². The van der Waals surface area contributed by atoms with Gasteiger partial charge in [-0.3, -0.25) is 0 Å². The van der Waals surface area contributed by atoms with Crippen molar-refractivity contribution in [3.05, 3.63) is 0 Å². The quantitative estimate of drug-likeness (QED) is 0.640. The highest BCUT2D eigenvalue weighted by Crippen LogP contribution is 2.28. The fourth-order valence-corrected chi connectivity index (χ4v) is 3.11. The Kier molecular flexibility index (Phi) is 8.70. The van der Waals surface area contributed by atoms with E-state index < -0.39 is 0 Å². The van der Waals surface area contributed by atoms with Crippen LogP contribution in [-0.4, -0.2) is 37.1 Å². The first-order valence-electron chi connectivity index (χ1n) is 8.27. The number of nitrogens with one attached hydrogen (secondary N) is 1. The minimum atomic E-state index is 0.740. The minimum absolute atomic E-state index is 0.740. The van der Waals surface area contributed by atoms with Gasteiger partial charge in [0.1, 0.15) is 0 Å². The zero-order valence-corrected chi connectivity index (χ0v) is 12.9. The topological polar surface area (TPSA) is 15.3 Å². The summed E-state index contributed by atoms with van der Waals surface area (Å²) >= 11 is 0. The van der Waals surface area contributed by atoms with Gasteiger partial charge in [-0.25, -0.2) is 0 Å². The summed E-state index contributed by atoms with van der Waals surface area (Å²) in [6, 6.07) is 0.740. The Morgan fingerprint density at radius 2 is 1.83 bits per heavy atom. The van der Waals surface area contributed by atoms with Crippen molar-refractivity contribution in [3.8, 4) is 0 Å². The van der Waals surface area contributed by atoms with Crippen LogP contribution in [0.1, 0.15) is 65.7 Å². The summed E-state index contributed by atoms with van der Waals surface area (Å²) in [5, 5.41) is 3.81. The summed E-state index contributed by atoms with van der Waals surface area (Å²) in [6.07, 6.45) is 9.72. The standard InChI is InChI=1S/C16H34N2/c1-4-7-13-18(6-3)14-16(17-12-5-2)15-10-8-9-11-15/h15-17H,4-14H2,1-3H3. The van der Waals surface area contributed by atoms with Crippen molar-refractivity contribution in [2.24, 2.45) is 5.92 Å². The molecule has 1 unspecified atom stereocenters. The van der Waals surface area contributed by atoms with Gasteiger partial charge in [-0.05, 0) is 51.2 Å². The van der Waals surface area contributed by atoms with Crippen LogP contribution in [0.2, 0.25) is 0 Å². The summed E-state index contributed by atoms with van der Waals surface area (Å²) < 4.78 is 0. The van der Waals surface area contributed by atoms with E-state index in [0.29, 0.717) is 0 Å². The second-order valence-electron chi connectivity index (χ2n) is 5.85. The number of rotatable bonds is 10. The van der Waals surface area contributed by atoms with Gasteiger partial charge in [0.25, 0.3) is 0 Å². The second-order valence-corrected chi connectivity index (χ2v) is 5.85. The SMILES string of the molecule is CCCCN(CC)CC(NCCC)C1CCCC1. The van der Waals surface area contributed by atoms with Gasteiger partial charge in [0.15, 0.2) is 0 Å². The van der Waals surface area contributed by atoms with Gasteiger partial charge >= 0.3 is 0 Å². The lowest BCUT2D eigenvalue weighted by Crippen LogP contribution is -2.45. The van der Waals surface area contributed by atoms with E-state index in [1.165, 1.54) is 71.1 Å². The van der Waals surface area contributed by atoms with Crippen molar-refractivity contribution >= 4 is 0 Å². The van der Waals surface area contributed by atoms with Crippen LogP contribution in [0.5, 0.6) is 0 Å². The van der Waals surface area contributed by atoms with Crippen molar-refractivity contribution < 1.29 is 0 Å². The van der Waals surface area contributed by atoms with Crippen molar-refractivity contribution in [3.63, 3.8) is 0 Å². The van der Waals surface area contributed by atoms with E-state index in [0.717, 1.165) is 12.0 Å². The number of nitrogens with zero attached hydrogens (tertiary/aromatic N) is 1. The Labute approximate surface area is 115 Å². The Hall–Kier alpha value is -0.0800.